The van der Waals surface area contributed by atoms with Crippen molar-refractivity contribution in [1.82, 2.24) is 5.32 Å². The lowest BCUT2D eigenvalue weighted by atomic mass is 10.1. The summed E-state index contributed by atoms with van der Waals surface area (Å²) in [6.45, 7) is 0.0974. The van der Waals surface area contributed by atoms with Gasteiger partial charge in [0.25, 0.3) is 0 Å². The SMILES string of the molecule is CS(=O)(=O)CCNC(=O)[C@H](N)Cc1ccccc1. The molecule has 0 radical (unpaired) electrons. The van der Waals surface area contributed by atoms with Crippen LogP contribution in [0.15, 0.2) is 30.3 Å². The second kappa shape index (κ2) is 6.51. The first-order valence-electron chi connectivity index (χ1n) is 5.63. The normalized spacial score (nSPS) is 13.0. The Morgan fingerprint density at radius 3 is 2.50 bits per heavy atom. The van der Waals surface area contributed by atoms with Gasteiger partial charge in [-0.05, 0) is 12.0 Å². The number of rotatable bonds is 6. The summed E-state index contributed by atoms with van der Waals surface area (Å²) in [7, 11) is -3.06. The van der Waals surface area contributed by atoms with Gasteiger partial charge in [0.1, 0.15) is 9.84 Å². The third kappa shape index (κ3) is 5.79. The highest BCUT2D eigenvalue weighted by Crippen LogP contribution is 2.01. The molecule has 1 rings (SSSR count). The smallest absolute Gasteiger partial charge is 0.237 e. The van der Waals surface area contributed by atoms with Crippen molar-refractivity contribution in [1.29, 1.82) is 0 Å². The van der Waals surface area contributed by atoms with Crippen LogP contribution in [0.2, 0.25) is 0 Å². The average Bonchev–Trinajstić information content (AvgIpc) is 2.28. The zero-order valence-electron chi connectivity index (χ0n) is 10.3. The largest absolute Gasteiger partial charge is 0.354 e. The van der Waals surface area contributed by atoms with Crippen molar-refractivity contribution in [3.8, 4) is 0 Å². The van der Waals surface area contributed by atoms with E-state index in [1.165, 1.54) is 0 Å². The Hall–Kier alpha value is -1.40. The highest BCUT2D eigenvalue weighted by Gasteiger charge is 2.14. The van der Waals surface area contributed by atoms with E-state index in [0.717, 1.165) is 11.8 Å². The summed E-state index contributed by atoms with van der Waals surface area (Å²) in [6, 6.07) is 8.77. The van der Waals surface area contributed by atoms with Gasteiger partial charge < -0.3 is 11.1 Å². The minimum absolute atomic E-state index is 0.0726. The topological polar surface area (TPSA) is 89.3 Å². The Morgan fingerprint density at radius 2 is 1.94 bits per heavy atom. The zero-order chi connectivity index (χ0) is 13.6. The van der Waals surface area contributed by atoms with E-state index in [9.17, 15) is 13.2 Å². The number of nitrogens with two attached hydrogens (primary N) is 1. The standard InChI is InChI=1S/C12H18N2O3S/c1-18(16,17)8-7-14-12(15)11(13)9-10-5-3-2-4-6-10/h2-6,11H,7-9,13H2,1H3,(H,14,15)/t11-/m1/s1. The number of nitrogens with one attached hydrogen (secondary N) is 1. The van der Waals surface area contributed by atoms with Crippen molar-refractivity contribution in [2.45, 2.75) is 12.5 Å². The fourth-order valence-electron chi connectivity index (χ4n) is 1.45. The van der Waals surface area contributed by atoms with Crippen LogP contribution in [0.3, 0.4) is 0 Å². The molecule has 0 saturated heterocycles. The van der Waals surface area contributed by atoms with Crippen LogP contribution in [0.4, 0.5) is 0 Å². The number of sulfone groups is 1. The van der Waals surface area contributed by atoms with Gasteiger partial charge in [-0.15, -0.1) is 0 Å². The van der Waals surface area contributed by atoms with Crippen molar-refractivity contribution in [2.75, 3.05) is 18.6 Å². The summed E-state index contributed by atoms with van der Waals surface area (Å²) in [4.78, 5) is 11.6. The molecule has 0 spiro atoms. The highest BCUT2D eigenvalue weighted by atomic mass is 32.2. The first-order valence-corrected chi connectivity index (χ1v) is 7.69. The number of hydrogen-bond donors (Lipinski definition) is 2. The molecule has 0 aliphatic rings. The van der Waals surface area contributed by atoms with Gasteiger partial charge in [0, 0.05) is 12.8 Å². The van der Waals surface area contributed by atoms with Crippen molar-refractivity contribution < 1.29 is 13.2 Å². The minimum atomic E-state index is -3.06. The summed E-state index contributed by atoms with van der Waals surface area (Å²) < 4.78 is 21.8. The molecule has 0 bridgehead atoms. The predicted molar refractivity (Wildman–Crippen MR) is 70.8 cm³/mol. The van der Waals surface area contributed by atoms with Gasteiger partial charge in [-0.2, -0.15) is 0 Å². The van der Waals surface area contributed by atoms with E-state index in [2.05, 4.69) is 5.32 Å². The van der Waals surface area contributed by atoms with Crippen LogP contribution >= 0.6 is 0 Å². The van der Waals surface area contributed by atoms with E-state index in [0.29, 0.717) is 6.42 Å². The molecule has 100 valence electrons. The lowest BCUT2D eigenvalue weighted by molar-refractivity contribution is -0.122. The highest BCUT2D eigenvalue weighted by molar-refractivity contribution is 7.90. The lowest BCUT2D eigenvalue weighted by Gasteiger charge is -2.11. The lowest BCUT2D eigenvalue weighted by Crippen LogP contribution is -2.43. The number of carbonyl (C=O) groups excluding carboxylic acids is 1. The molecule has 0 aromatic heterocycles. The van der Waals surface area contributed by atoms with Crippen LogP contribution in [0.5, 0.6) is 0 Å². The molecule has 0 aliphatic carbocycles. The van der Waals surface area contributed by atoms with Crippen molar-refractivity contribution >= 4 is 15.7 Å². The Kier molecular flexibility index (Phi) is 5.30. The second-order valence-electron chi connectivity index (χ2n) is 4.22. The van der Waals surface area contributed by atoms with Crippen molar-refractivity contribution in [2.24, 2.45) is 5.73 Å². The molecule has 1 aromatic carbocycles. The number of benzene rings is 1. The maximum absolute atomic E-state index is 11.6. The van der Waals surface area contributed by atoms with E-state index in [1.807, 2.05) is 30.3 Å². The molecule has 1 aromatic rings. The maximum Gasteiger partial charge on any atom is 0.237 e. The van der Waals surface area contributed by atoms with Gasteiger partial charge in [-0.25, -0.2) is 8.42 Å². The summed E-state index contributed by atoms with van der Waals surface area (Å²) in [6.07, 6.45) is 1.56. The molecule has 1 atom stereocenters. The molecule has 1 amide bonds. The Balaban J connectivity index is 2.38. The van der Waals surface area contributed by atoms with E-state index in [4.69, 9.17) is 5.73 Å². The van der Waals surface area contributed by atoms with Gasteiger partial charge in [-0.3, -0.25) is 4.79 Å². The molecule has 0 aliphatic heterocycles. The molecule has 0 heterocycles. The van der Waals surface area contributed by atoms with Gasteiger partial charge in [0.15, 0.2) is 0 Å². The van der Waals surface area contributed by atoms with Gasteiger partial charge in [-0.1, -0.05) is 30.3 Å². The Morgan fingerprint density at radius 1 is 1.33 bits per heavy atom. The second-order valence-corrected chi connectivity index (χ2v) is 6.48. The molecule has 0 unspecified atom stereocenters. The Bertz CT molecular complexity index is 485. The molecule has 0 saturated carbocycles. The van der Waals surface area contributed by atoms with Crippen LogP contribution in [0, 0.1) is 0 Å². The van der Waals surface area contributed by atoms with Gasteiger partial charge >= 0.3 is 0 Å². The summed E-state index contributed by atoms with van der Waals surface area (Å²) in [5.74, 6) is -0.404. The van der Waals surface area contributed by atoms with E-state index in [-0.39, 0.29) is 18.2 Å². The summed E-state index contributed by atoms with van der Waals surface area (Å²) >= 11 is 0. The van der Waals surface area contributed by atoms with Crippen LogP contribution in [-0.2, 0) is 21.1 Å². The van der Waals surface area contributed by atoms with Crippen molar-refractivity contribution in [3.63, 3.8) is 0 Å². The molecular formula is C12H18N2O3S. The van der Waals surface area contributed by atoms with Gasteiger partial charge in [0.05, 0.1) is 11.8 Å². The quantitative estimate of drug-likeness (QED) is 0.744. The Labute approximate surface area is 107 Å². The fraction of sp³-hybridized carbons (Fsp3) is 0.417. The number of hydrogen-bond acceptors (Lipinski definition) is 4. The molecule has 6 heteroatoms. The van der Waals surface area contributed by atoms with Gasteiger partial charge in [0.2, 0.25) is 5.91 Å². The first kappa shape index (κ1) is 14.7. The maximum atomic E-state index is 11.6. The predicted octanol–water partition coefficient (Wildman–Crippen LogP) is -0.283. The van der Waals surface area contributed by atoms with Crippen molar-refractivity contribution in [3.05, 3.63) is 35.9 Å². The van der Waals surface area contributed by atoms with Crippen LogP contribution in [0.25, 0.3) is 0 Å². The van der Waals surface area contributed by atoms with E-state index >= 15 is 0 Å². The first-order chi connectivity index (χ1) is 8.38. The fourth-order valence-corrected chi connectivity index (χ4v) is 1.92. The van der Waals surface area contributed by atoms with Crippen LogP contribution < -0.4 is 11.1 Å². The minimum Gasteiger partial charge on any atom is -0.354 e. The summed E-state index contributed by atoms with van der Waals surface area (Å²) in [5.41, 5.74) is 6.71. The molecule has 0 fully saturated rings. The number of amides is 1. The zero-order valence-corrected chi connectivity index (χ0v) is 11.1. The monoisotopic (exact) mass is 270 g/mol. The van der Waals surface area contributed by atoms with E-state index < -0.39 is 15.9 Å². The average molecular weight is 270 g/mol. The summed E-state index contributed by atoms with van der Waals surface area (Å²) in [5, 5.41) is 2.52. The third-order valence-corrected chi connectivity index (χ3v) is 3.35. The van der Waals surface area contributed by atoms with E-state index in [1.54, 1.807) is 0 Å². The number of carbonyl (C=O) groups is 1. The van der Waals surface area contributed by atoms with Crippen LogP contribution in [0.1, 0.15) is 5.56 Å². The molecular weight excluding hydrogens is 252 g/mol. The van der Waals surface area contributed by atoms with Crippen LogP contribution in [-0.4, -0.2) is 38.9 Å². The molecule has 18 heavy (non-hydrogen) atoms. The molecule has 5 nitrogen and oxygen atoms in total. The molecule has 3 N–H and O–H groups in total. The third-order valence-electron chi connectivity index (χ3n) is 2.41.